The molecular formula is C26H25NSi. The molecule has 1 nitrogen and oxygen atoms in total. The van der Waals surface area contributed by atoms with Crippen molar-refractivity contribution in [1.29, 1.82) is 0 Å². The highest BCUT2D eigenvalue weighted by atomic mass is 28.3. The minimum atomic E-state index is -1.99. The number of benzene rings is 3. The van der Waals surface area contributed by atoms with Crippen LogP contribution in [-0.2, 0) is 13.5 Å². The Hall–Kier alpha value is -2.84. The summed E-state index contributed by atoms with van der Waals surface area (Å²) >= 11 is 0. The molecule has 0 spiro atoms. The zero-order valence-corrected chi connectivity index (χ0v) is 17.5. The van der Waals surface area contributed by atoms with Crippen LogP contribution in [0.3, 0.4) is 0 Å². The summed E-state index contributed by atoms with van der Waals surface area (Å²) < 4.78 is 2.38. The highest BCUT2D eigenvalue weighted by Crippen LogP contribution is 2.35. The van der Waals surface area contributed by atoms with Gasteiger partial charge in [0, 0.05) is 23.6 Å². The maximum Gasteiger partial charge on any atom is 0.141 e. The zero-order valence-electron chi connectivity index (χ0n) is 16.5. The Bertz CT molecular complexity index is 1130. The largest absolute Gasteiger partial charge is 0.344 e. The molecule has 0 amide bonds. The predicted octanol–water partition coefficient (Wildman–Crippen LogP) is 4.94. The fourth-order valence-corrected chi connectivity index (χ4v) is 8.75. The molecule has 2 heteroatoms. The number of fused-ring (bicyclic) bond motifs is 3. The second-order valence-corrected chi connectivity index (χ2v) is 12.0. The topological polar surface area (TPSA) is 4.93 Å². The van der Waals surface area contributed by atoms with E-state index in [1.807, 2.05) is 0 Å². The molecule has 5 rings (SSSR count). The molecule has 3 aromatic carbocycles. The van der Waals surface area contributed by atoms with Crippen molar-refractivity contribution in [2.75, 3.05) is 0 Å². The monoisotopic (exact) mass is 379 g/mol. The summed E-state index contributed by atoms with van der Waals surface area (Å²) in [4.78, 5) is 0. The third kappa shape index (κ3) is 2.52. The third-order valence-electron chi connectivity index (χ3n) is 6.56. The van der Waals surface area contributed by atoms with Gasteiger partial charge in [-0.3, -0.25) is 0 Å². The van der Waals surface area contributed by atoms with Gasteiger partial charge in [-0.15, -0.1) is 0 Å². The average Bonchev–Trinajstić information content (AvgIpc) is 3.06. The number of aryl methyl sites for hydroxylation is 2. The van der Waals surface area contributed by atoms with Crippen LogP contribution in [0.15, 0.2) is 90.1 Å². The number of para-hydroxylation sites is 1. The minimum Gasteiger partial charge on any atom is -0.344 e. The van der Waals surface area contributed by atoms with Crippen LogP contribution in [0.2, 0.25) is 6.55 Å². The Kier molecular flexibility index (Phi) is 4.10. The lowest BCUT2D eigenvalue weighted by Crippen LogP contribution is -2.57. The van der Waals surface area contributed by atoms with Crippen LogP contribution in [0.4, 0.5) is 0 Å². The van der Waals surface area contributed by atoms with Crippen LogP contribution < -0.4 is 10.4 Å². The van der Waals surface area contributed by atoms with Gasteiger partial charge in [-0.05, 0) is 40.9 Å². The van der Waals surface area contributed by atoms with Crippen LogP contribution in [0.1, 0.15) is 17.7 Å². The number of nitrogens with zero attached hydrogens (tertiary/aromatic N) is 1. The first-order valence-corrected chi connectivity index (χ1v) is 12.6. The van der Waals surface area contributed by atoms with Crippen molar-refractivity contribution >= 4 is 35.4 Å². The molecule has 4 aromatic rings. The molecule has 0 bridgehead atoms. The molecule has 1 heterocycles. The van der Waals surface area contributed by atoms with Gasteiger partial charge in [0.15, 0.2) is 0 Å². The van der Waals surface area contributed by atoms with E-state index in [2.05, 4.69) is 109 Å². The van der Waals surface area contributed by atoms with Crippen molar-refractivity contribution in [3.8, 4) is 0 Å². The Morgan fingerprint density at radius 1 is 0.714 bits per heavy atom. The lowest BCUT2D eigenvalue weighted by atomic mass is 10.0. The smallest absolute Gasteiger partial charge is 0.141 e. The molecule has 0 fully saturated rings. The minimum absolute atomic E-state index is 1.13. The van der Waals surface area contributed by atoms with Crippen LogP contribution >= 0.6 is 0 Å². The lowest BCUT2D eigenvalue weighted by molar-refractivity contribution is 0.899. The number of hydrogen-bond donors (Lipinski definition) is 0. The fourth-order valence-electron chi connectivity index (χ4n) is 4.91. The summed E-state index contributed by atoms with van der Waals surface area (Å²) in [6, 6.07) is 31.2. The molecule has 0 saturated carbocycles. The van der Waals surface area contributed by atoms with Crippen molar-refractivity contribution in [1.82, 2.24) is 4.57 Å². The van der Waals surface area contributed by atoms with Crippen LogP contribution in [-0.4, -0.2) is 12.6 Å². The highest BCUT2D eigenvalue weighted by Gasteiger charge is 2.37. The van der Waals surface area contributed by atoms with Gasteiger partial charge in [-0.1, -0.05) is 90.6 Å². The Morgan fingerprint density at radius 2 is 1.29 bits per heavy atom. The van der Waals surface area contributed by atoms with Crippen molar-refractivity contribution in [2.45, 2.75) is 19.4 Å². The first-order valence-electron chi connectivity index (χ1n) is 10.1. The number of aromatic nitrogens is 1. The second-order valence-electron chi connectivity index (χ2n) is 7.97. The van der Waals surface area contributed by atoms with Crippen molar-refractivity contribution in [3.63, 3.8) is 0 Å². The number of rotatable bonds is 3. The first-order chi connectivity index (χ1) is 13.7. The summed E-state index contributed by atoms with van der Waals surface area (Å²) in [6.07, 6.45) is 4.79. The summed E-state index contributed by atoms with van der Waals surface area (Å²) in [5.74, 6) is 0. The normalized spacial score (nSPS) is 14.0. The standard InChI is InChI=1S/C26H25NSi/c1-27-25-16-10-9-15-23(25)24-18-17-22(19-26(24)27)28(2,20-11-5-3-6-12-20)21-13-7-4-8-14-21/h3-16,19H,17-18H2,1-2H3. The Labute approximate surface area is 168 Å². The second kappa shape index (κ2) is 6.64. The SMILES string of the molecule is Cn1c2c(c3ccccc31)CCC([Si](C)(c1ccccc1)c1ccccc1)=C2. The van der Waals surface area contributed by atoms with Crippen LogP contribution in [0.25, 0.3) is 17.0 Å². The molecule has 0 radical (unpaired) electrons. The van der Waals surface area contributed by atoms with E-state index >= 15 is 0 Å². The fraction of sp³-hybridized carbons (Fsp3) is 0.154. The maximum absolute atomic E-state index is 2.52. The molecule has 0 saturated heterocycles. The van der Waals surface area contributed by atoms with E-state index in [0.717, 1.165) is 12.8 Å². The van der Waals surface area contributed by atoms with E-state index in [1.165, 1.54) is 32.5 Å². The molecule has 1 aliphatic carbocycles. The predicted molar refractivity (Wildman–Crippen MR) is 123 cm³/mol. The van der Waals surface area contributed by atoms with Gasteiger partial charge in [0.2, 0.25) is 0 Å². The van der Waals surface area contributed by atoms with E-state index in [0.29, 0.717) is 0 Å². The molecule has 138 valence electrons. The quantitative estimate of drug-likeness (QED) is 0.444. The molecule has 28 heavy (non-hydrogen) atoms. The molecule has 1 aromatic heterocycles. The van der Waals surface area contributed by atoms with Gasteiger partial charge in [0.05, 0.1) is 0 Å². The average molecular weight is 380 g/mol. The lowest BCUT2D eigenvalue weighted by Gasteiger charge is -2.34. The maximum atomic E-state index is 2.52. The van der Waals surface area contributed by atoms with Gasteiger partial charge in [-0.2, -0.15) is 0 Å². The first kappa shape index (κ1) is 17.3. The van der Waals surface area contributed by atoms with Crippen LogP contribution in [0.5, 0.6) is 0 Å². The molecule has 0 aliphatic heterocycles. The van der Waals surface area contributed by atoms with Gasteiger partial charge >= 0.3 is 0 Å². The molecular weight excluding hydrogens is 354 g/mol. The summed E-state index contributed by atoms with van der Waals surface area (Å²) in [5, 5.41) is 6.03. The highest BCUT2D eigenvalue weighted by molar-refractivity contribution is 7.06. The van der Waals surface area contributed by atoms with Crippen molar-refractivity contribution < 1.29 is 0 Å². The van der Waals surface area contributed by atoms with Gasteiger partial charge in [0.25, 0.3) is 0 Å². The van der Waals surface area contributed by atoms with E-state index in [1.54, 1.807) is 5.20 Å². The number of hydrogen-bond acceptors (Lipinski definition) is 0. The zero-order chi connectivity index (χ0) is 19.1. The van der Waals surface area contributed by atoms with E-state index in [4.69, 9.17) is 0 Å². The molecule has 0 atom stereocenters. The van der Waals surface area contributed by atoms with E-state index < -0.39 is 8.07 Å². The van der Waals surface area contributed by atoms with Crippen molar-refractivity contribution in [3.05, 3.63) is 101 Å². The molecule has 0 unspecified atom stereocenters. The molecule has 0 N–H and O–H groups in total. The summed E-state index contributed by atoms with van der Waals surface area (Å²) in [6.45, 7) is 2.52. The number of allylic oxidation sites excluding steroid dienone is 1. The summed E-state index contributed by atoms with van der Waals surface area (Å²) in [7, 11) is 0.219. The van der Waals surface area contributed by atoms with Gasteiger partial charge in [-0.25, -0.2) is 0 Å². The van der Waals surface area contributed by atoms with Crippen molar-refractivity contribution in [2.24, 2.45) is 7.05 Å². The summed E-state index contributed by atoms with van der Waals surface area (Å²) in [5.41, 5.74) is 4.25. The van der Waals surface area contributed by atoms with E-state index in [-0.39, 0.29) is 0 Å². The third-order valence-corrected chi connectivity index (χ3v) is 11.2. The van der Waals surface area contributed by atoms with Gasteiger partial charge in [0.1, 0.15) is 8.07 Å². The molecule has 1 aliphatic rings. The Balaban J connectivity index is 1.75. The van der Waals surface area contributed by atoms with E-state index in [9.17, 15) is 0 Å². The van der Waals surface area contributed by atoms with Crippen LogP contribution in [0, 0.1) is 0 Å². The van der Waals surface area contributed by atoms with Gasteiger partial charge < -0.3 is 4.57 Å². The Morgan fingerprint density at radius 3 is 1.93 bits per heavy atom.